The Morgan fingerprint density at radius 3 is 1.87 bits per heavy atom. The quantitative estimate of drug-likeness (QED) is 0.731. The summed E-state index contributed by atoms with van der Waals surface area (Å²) >= 11 is 3.46. The predicted molar refractivity (Wildman–Crippen MR) is 102 cm³/mol. The first kappa shape index (κ1) is 18.2. The molecule has 0 radical (unpaired) electrons. The molecule has 2 nitrogen and oxygen atoms in total. The van der Waals surface area contributed by atoms with E-state index in [-0.39, 0.29) is 0 Å². The van der Waals surface area contributed by atoms with Crippen LogP contribution in [-0.4, -0.2) is 29.6 Å². The lowest BCUT2D eigenvalue weighted by atomic mass is 9.91. The number of benzene rings is 2. The van der Waals surface area contributed by atoms with Crippen molar-refractivity contribution in [2.75, 3.05) is 19.6 Å². The van der Waals surface area contributed by atoms with Crippen molar-refractivity contribution in [3.05, 3.63) is 58.6 Å². The van der Waals surface area contributed by atoms with Gasteiger partial charge in [0, 0.05) is 11.0 Å². The lowest BCUT2D eigenvalue weighted by molar-refractivity contribution is 0.0369. The molecule has 1 atom stereocenters. The van der Waals surface area contributed by atoms with Crippen molar-refractivity contribution in [2.45, 2.75) is 32.8 Å². The van der Waals surface area contributed by atoms with Crippen molar-refractivity contribution in [3.63, 3.8) is 0 Å². The van der Waals surface area contributed by atoms with Gasteiger partial charge in [0.15, 0.2) is 0 Å². The zero-order valence-corrected chi connectivity index (χ0v) is 15.8. The summed E-state index contributed by atoms with van der Waals surface area (Å²) in [5.41, 5.74) is 2.54. The highest BCUT2D eigenvalue weighted by Crippen LogP contribution is 2.28. The molecule has 3 heteroatoms. The summed E-state index contributed by atoms with van der Waals surface area (Å²) in [6.07, 6.45) is 0.742. The molecular weight excluding hydrogens is 350 g/mol. The monoisotopic (exact) mass is 375 g/mol. The van der Waals surface area contributed by atoms with E-state index in [0.29, 0.717) is 0 Å². The molecule has 23 heavy (non-hydrogen) atoms. The van der Waals surface area contributed by atoms with E-state index in [4.69, 9.17) is 0 Å². The van der Waals surface area contributed by atoms with Gasteiger partial charge in [-0.2, -0.15) is 0 Å². The Hall–Kier alpha value is -1.16. The van der Waals surface area contributed by atoms with Gasteiger partial charge in [-0.1, -0.05) is 66.2 Å². The van der Waals surface area contributed by atoms with Gasteiger partial charge < -0.3 is 10.0 Å². The molecule has 1 N–H and O–H groups in total. The standard InChI is InChI=1S/C20H26BrNO/c1-4-22(5-2)15-14-20(3,23)18-10-6-16(7-11-18)17-8-12-19(21)13-9-17/h6-13,23H,4-5,14-15H2,1-3H3. The molecule has 1 unspecified atom stereocenters. The topological polar surface area (TPSA) is 23.5 Å². The third-order valence-corrected chi connectivity index (χ3v) is 5.02. The van der Waals surface area contributed by atoms with Gasteiger partial charge in [-0.15, -0.1) is 0 Å². The zero-order chi connectivity index (χ0) is 16.9. The van der Waals surface area contributed by atoms with E-state index in [0.717, 1.165) is 36.1 Å². The first-order chi connectivity index (χ1) is 11.0. The molecule has 0 aliphatic carbocycles. The zero-order valence-electron chi connectivity index (χ0n) is 14.2. The van der Waals surface area contributed by atoms with Gasteiger partial charge in [0.1, 0.15) is 0 Å². The normalized spacial score (nSPS) is 14.0. The van der Waals surface area contributed by atoms with Crippen LogP contribution < -0.4 is 0 Å². The highest BCUT2D eigenvalue weighted by Gasteiger charge is 2.23. The molecule has 0 bridgehead atoms. The van der Waals surface area contributed by atoms with Gasteiger partial charge in [-0.3, -0.25) is 0 Å². The third-order valence-electron chi connectivity index (χ3n) is 4.49. The van der Waals surface area contributed by atoms with Crippen LogP contribution in [0.2, 0.25) is 0 Å². The van der Waals surface area contributed by atoms with E-state index in [2.05, 4.69) is 58.9 Å². The largest absolute Gasteiger partial charge is 0.385 e. The Morgan fingerprint density at radius 1 is 0.913 bits per heavy atom. The third kappa shape index (κ3) is 4.90. The number of nitrogens with zero attached hydrogens (tertiary/aromatic N) is 1. The second kappa shape index (κ2) is 8.09. The summed E-state index contributed by atoms with van der Waals surface area (Å²) < 4.78 is 1.08. The van der Waals surface area contributed by atoms with Crippen LogP contribution in [0.15, 0.2) is 53.0 Å². The molecular formula is C20H26BrNO. The molecule has 0 fully saturated rings. The molecule has 0 amide bonds. The van der Waals surface area contributed by atoms with Crippen LogP contribution in [0.1, 0.15) is 32.8 Å². The molecule has 0 heterocycles. The van der Waals surface area contributed by atoms with Gasteiger partial charge >= 0.3 is 0 Å². The van der Waals surface area contributed by atoms with Gasteiger partial charge in [0.2, 0.25) is 0 Å². The number of rotatable bonds is 7. The van der Waals surface area contributed by atoms with Crippen molar-refractivity contribution < 1.29 is 5.11 Å². The van der Waals surface area contributed by atoms with E-state index in [1.165, 1.54) is 11.1 Å². The van der Waals surface area contributed by atoms with Crippen molar-refractivity contribution in [1.29, 1.82) is 0 Å². The van der Waals surface area contributed by atoms with Crippen LogP contribution in [0.4, 0.5) is 0 Å². The van der Waals surface area contributed by atoms with E-state index < -0.39 is 5.60 Å². The summed E-state index contributed by atoms with van der Waals surface area (Å²) in [6.45, 7) is 9.18. The lowest BCUT2D eigenvalue weighted by Crippen LogP contribution is -2.31. The molecule has 2 aromatic rings. The molecule has 0 aromatic heterocycles. The molecule has 0 spiro atoms. The van der Waals surface area contributed by atoms with Crippen LogP contribution >= 0.6 is 15.9 Å². The maximum Gasteiger partial charge on any atom is 0.0880 e. The van der Waals surface area contributed by atoms with Gasteiger partial charge in [0.25, 0.3) is 0 Å². The lowest BCUT2D eigenvalue weighted by Gasteiger charge is -2.28. The Bertz CT molecular complexity index is 601. The Balaban J connectivity index is 2.09. The average Bonchev–Trinajstić information content (AvgIpc) is 2.56. The van der Waals surface area contributed by atoms with Crippen LogP contribution in [0.3, 0.4) is 0 Å². The van der Waals surface area contributed by atoms with E-state index >= 15 is 0 Å². The first-order valence-electron chi connectivity index (χ1n) is 8.27. The summed E-state index contributed by atoms with van der Waals surface area (Å²) in [5.74, 6) is 0. The molecule has 0 saturated heterocycles. The predicted octanol–water partition coefficient (Wildman–Crippen LogP) is 5.06. The summed E-state index contributed by atoms with van der Waals surface area (Å²) in [5, 5.41) is 10.8. The minimum Gasteiger partial charge on any atom is -0.385 e. The average molecular weight is 376 g/mol. The minimum atomic E-state index is -0.791. The smallest absolute Gasteiger partial charge is 0.0880 e. The van der Waals surface area contributed by atoms with Gasteiger partial charge in [0.05, 0.1) is 5.60 Å². The maximum atomic E-state index is 10.8. The Labute approximate surface area is 148 Å². The minimum absolute atomic E-state index is 0.742. The Morgan fingerprint density at radius 2 is 1.39 bits per heavy atom. The van der Waals surface area contributed by atoms with Crippen LogP contribution in [0, 0.1) is 0 Å². The molecule has 124 valence electrons. The van der Waals surface area contributed by atoms with Gasteiger partial charge in [-0.05, 0) is 55.3 Å². The summed E-state index contributed by atoms with van der Waals surface area (Å²) in [7, 11) is 0. The van der Waals surface area contributed by atoms with Crippen molar-refractivity contribution >= 4 is 15.9 Å². The second-order valence-corrected chi connectivity index (χ2v) is 7.05. The van der Waals surface area contributed by atoms with Crippen LogP contribution in [0.25, 0.3) is 11.1 Å². The first-order valence-corrected chi connectivity index (χ1v) is 9.06. The SMILES string of the molecule is CCN(CC)CCC(C)(O)c1ccc(-c2ccc(Br)cc2)cc1. The van der Waals surface area contributed by atoms with Crippen molar-refractivity contribution in [1.82, 2.24) is 4.90 Å². The van der Waals surface area contributed by atoms with Gasteiger partial charge in [-0.25, -0.2) is 0 Å². The van der Waals surface area contributed by atoms with E-state index in [1.54, 1.807) is 0 Å². The summed E-state index contributed by atoms with van der Waals surface area (Å²) in [4.78, 5) is 2.34. The van der Waals surface area contributed by atoms with Crippen molar-refractivity contribution in [3.8, 4) is 11.1 Å². The van der Waals surface area contributed by atoms with Crippen molar-refractivity contribution in [2.24, 2.45) is 0 Å². The second-order valence-electron chi connectivity index (χ2n) is 6.13. The molecule has 2 aromatic carbocycles. The molecule has 0 aliphatic heterocycles. The summed E-state index contributed by atoms with van der Waals surface area (Å²) in [6, 6.07) is 16.5. The molecule has 0 saturated carbocycles. The van der Waals surface area contributed by atoms with E-state index in [9.17, 15) is 5.11 Å². The maximum absolute atomic E-state index is 10.8. The molecule has 2 rings (SSSR count). The van der Waals surface area contributed by atoms with E-state index in [1.807, 2.05) is 31.2 Å². The number of aliphatic hydroxyl groups is 1. The highest BCUT2D eigenvalue weighted by molar-refractivity contribution is 9.10. The number of hydrogen-bond donors (Lipinski definition) is 1. The molecule has 0 aliphatic rings. The highest BCUT2D eigenvalue weighted by atomic mass is 79.9. The fraction of sp³-hybridized carbons (Fsp3) is 0.400. The fourth-order valence-electron chi connectivity index (χ4n) is 2.72. The number of halogens is 1. The van der Waals surface area contributed by atoms with Crippen LogP contribution in [-0.2, 0) is 5.60 Å². The van der Waals surface area contributed by atoms with Crippen LogP contribution in [0.5, 0.6) is 0 Å². The Kier molecular flexibility index (Phi) is 6.40. The number of hydrogen-bond acceptors (Lipinski definition) is 2. The fourth-order valence-corrected chi connectivity index (χ4v) is 2.99.